The summed E-state index contributed by atoms with van der Waals surface area (Å²) >= 11 is 0. The molecular weight excluding hydrogens is 224 g/mol. The van der Waals surface area contributed by atoms with E-state index in [1.807, 2.05) is 12.1 Å². The molecule has 0 unspecified atom stereocenters. The third-order valence-electron chi connectivity index (χ3n) is 3.29. The van der Waals surface area contributed by atoms with Crippen LogP contribution in [-0.2, 0) is 6.54 Å². The summed E-state index contributed by atoms with van der Waals surface area (Å²) in [5, 5.41) is 7.57. The molecule has 0 spiro atoms. The Morgan fingerprint density at radius 2 is 2.33 bits per heavy atom. The Morgan fingerprint density at radius 3 is 2.94 bits per heavy atom. The highest BCUT2D eigenvalue weighted by Crippen LogP contribution is 2.30. The van der Waals surface area contributed by atoms with Crippen molar-refractivity contribution in [3.63, 3.8) is 0 Å². The van der Waals surface area contributed by atoms with Crippen LogP contribution >= 0.6 is 0 Å². The molecule has 1 heterocycles. The fraction of sp³-hybridized carbons (Fsp3) is 0.571. The molecule has 18 heavy (non-hydrogen) atoms. The molecule has 0 aromatic carbocycles. The number of aromatic nitrogens is 1. The Morgan fingerprint density at radius 1 is 1.56 bits per heavy atom. The molecule has 1 aromatic heterocycles. The highest BCUT2D eigenvalue weighted by Gasteiger charge is 2.24. The second-order valence-corrected chi connectivity index (χ2v) is 5.10. The van der Waals surface area contributed by atoms with E-state index < -0.39 is 0 Å². The van der Waals surface area contributed by atoms with Crippen molar-refractivity contribution in [1.29, 1.82) is 5.41 Å². The zero-order chi connectivity index (χ0) is 13.0. The molecule has 4 heteroatoms. The SMILES string of the molecule is CCCN(Cc1cccnc1C(=N)N)CC1CC1. The third-order valence-corrected chi connectivity index (χ3v) is 3.29. The third kappa shape index (κ3) is 3.53. The highest BCUT2D eigenvalue weighted by atomic mass is 15.1. The zero-order valence-electron chi connectivity index (χ0n) is 11.0. The van der Waals surface area contributed by atoms with Crippen molar-refractivity contribution in [2.75, 3.05) is 13.1 Å². The van der Waals surface area contributed by atoms with Gasteiger partial charge in [-0.3, -0.25) is 15.3 Å². The van der Waals surface area contributed by atoms with Crippen molar-refractivity contribution >= 4 is 5.84 Å². The topological polar surface area (TPSA) is 66.0 Å². The first-order valence-electron chi connectivity index (χ1n) is 6.71. The molecule has 98 valence electrons. The first-order valence-corrected chi connectivity index (χ1v) is 6.71. The average Bonchev–Trinajstić information content (AvgIpc) is 3.13. The summed E-state index contributed by atoms with van der Waals surface area (Å²) in [4.78, 5) is 6.67. The number of nitrogen functional groups attached to an aromatic ring is 1. The number of rotatable bonds is 7. The molecule has 1 aromatic rings. The second kappa shape index (κ2) is 5.96. The van der Waals surface area contributed by atoms with Gasteiger partial charge in [-0.25, -0.2) is 0 Å². The maximum Gasteiger partial charge on any atom is 0.142 e. The Labute approximate surface area is 109 Å². The highest BCUT2D eigenvalue weighted by molar-refractivity contribution is 5.94. The maximum absolute atomic E-state index is 7.57. The monoisotopic (exact) mass is 246 g/mol. The molecule has 4 nitrogen and oxygen atoms in total. The lowest BCUT2D eigenvalue weighted by Gasteiger charge is -2.22. The quantitative estimate of drug-likeness (QED) is 0.571. The van der Waals surface area contributed by atoms with Crippen LogP contribution in [0.5, 0.6) is 0 Å². The molecule has 1 aliphatic carbocycles. The fourth-order valence-electron chi connectivity index (χ4n) is 2.27. The Bertz CT molecular complexity index is 412. The average molecular weight is 246 g/mol. The predicted molar refractivity (Wildman–Crippen MR) is 73.5 cm³/mol. The summed E-state index contributed by atoms with van der Waals surface area (Å²) in [7, 11) is 0. The predicted octanol–water partition coefficient (Wildman–Crippen LogP) is 1.99. The van der Waals surface area contributed by atoms with E-state index in [1.54, 1.807) is 6.20 Å². The van der Waals surface area contributed by atoms with Crippen LogP contribution in [0.3, 0.4) is 0 Å². The van der Waals surface area contributed by atoms with Gasteiger partial charge < -0.3 is 5.73 Å². The molecule has 0 radical (unpaired) electrons. The van der Waals surface area contributed by atoms with Gasteiger partial charge >= 0.3 is 0 Å². The largest absolute Gasteiger partial charge is 0.382 e. The van der Waals surface area contributed by atoms with Crippen molar-refractivity contribution in [2.24, 2.45) is 11.7 Å². The van der Waals surface area contributed by atoms with Crippen molar-refractivity contribution in [2.45, 2.75) is 32.7 Å². The van der Waals surface area contributed by atoms with Gasteiger partial charge in [-0.05, 0) is 43.4 Å². The lowest BCUT2D eigenvalue weighted by Crippen LogP contribution is -2.28. The van der Waals surface area contributed by atoms with Crippen LogP contribution in [0.15, 0.2) is 18.3 Å². The summed E-state index contributed by atoms with van der Waals surface area (Å²) in [6.07, 6.45) is 5.59. The Balaban J connectivity index is 2.06. The van der Waals surface area contributed by atoms with Crippen molar-refractivity contribution in [1.82, 2.24) is 9.88 Å². The van der Waals surface area contributed by atoms with Crippen LogP contribution in [0.2, 0.25) is 0 Å². The summed E-state index contributed by atoms with van der Waals surface area (Å²) < 4.78 is 0. The van der Waals surface area contributed by atoms with E-state index in [4.69, 9.17) is 11.1 Å². The number of nitrogens with one attached hydrogen (secondary N) is 1. The van der Waals surface area contributed by atoms with Gasteiger partial charge in [-0.15, -0.1) is 0 Å². The van der Waals surface area contributed by atoms with Crippen molar-refractivity contribution in [3.05, 3.63) is 29.6 Å². The molecular formula is C14H22N4. The van der Waals surface area contributed by atoms with E-state index in [1.165, 1.54) is 19.4 Å². The molecule has 0 bridgehead atoms. The standard InChI is InChI=1S/C14H22N4/c1-2-8-18(9-11-5-6-11)10-12-4-3-7-17-13(12)14(15)16/h3-4,7,11H,2,5-6,8-10H2,1H3,(H3,15,16). The van der Waals surface area contributed by atoms with Gasteiger partial charge in [0.15, 0.2) is 0 Å². The molecule has 2 rings (SSSR count). The van der Waals surface area contributed by atoms with Gasteiger partial charge in [0, 0.05) is 19.3 Å². The molecule has 3 N–H and O–H groups in total. The number of hydrogen-bond acceptors (Lipinski definition) is 3. The van der Waals surface area contributed by atoms with Crippen LogP contribution in [0.25, 0.3) is 0 Å². The first kappa shape index (κ1) is 13.0. The van der Waals surface area contributed by atoms with Gasteiger partial charge in [0.1, 0.15) is 11.5 Å². The molecule has 0 saturated heterocycles. The van der Waals surface area contributed by atoms with Crippen LogP contribution in [0, 0.1) is 11.3 Å². The van der Waals surface area contributed by atoms with E-state index in [0.29, 0.717) is 5.69 Å². The van der Waals surface area contributed by atoms with Gasteiger partial charge in [0.25, 0.3) is 0 Å². The first-order chi connectivity index (χ1) is 8.70. The molecule has 0 atom stereocenters. The second-order valence-electron chi connectivity index (χ2n) is 5.10. The Kier molecular flexibility index (Phi) is 4.31. The van der Waals surface area contributed by atoms with Crippen molar-refractivity contribution in [3.8, 4) is 0 Å². The summed E-state index contributed by atoms with van der Waals surface area (Å²) in [6, 6.07) is 3.95. The Hall–Kier alpha value is -1.42. The smallest absolute Gasteiger partial charge is 0.142 e. The number of nitrogens with two attached hydrogens (primary N) is 1. The number of pyridine rings is 1. The van der Waals surface area contributed by atoms with Gasteiger partial charge in [-0.2, -0.15) is 0 Å². The number of hydrogen-bond donors (Lipinski definition) is 2. The van der Waals surface area contributed by atoms with Crippen LogP contribution < -0.4 is 5.73 Å². The lowest BCUT2D eigenvalue weighted by molar-refractivity contribution is 0.254. The van der Waals surface area contributed by atoms with Gasteiger partial charge in [0.2, 0.25) is 0 Å². The molecule has 1 saturated carbocycles. The minimum absolute atomic E-state index is 0.0634. The van der Waals surface area contributed by atoms with E-state index in [0.717, 1.165) is 31.0 Å². The minimum atomic E-state index is 0.0634. The van der Waals surface area contributed by atoms with E-state index in [-0.39, 0.29) is 5.84 Å². The van der Waals surface area contributed by atoms with E-state index in [2.05, 4.69) is 16.8 Å². The molecule has 1 aliphatic rings. The molecule has 0 amide bonds. The lowest BCUT2D eigenvalue weighted by atomic mass is 10.1. The van der Waals surface area contributed by atoms with E-state index >= 15 is 0 Å². The van der Waals surface area contributed by atoms with Gasteiger partial charge in [0.05, 0.1) is 0 Å². The minimum Gasteiger partial charge on any atom is -0.382 e. The zero-order valence-corrected chi connectivity index (χ0v) is 11.0. The van der Waals surface area contributed by atoms with Crippen molar-refractivity contribution < 1.29 is 0 Å². The summed E-state index contributed by atoms with van der Waals surface area (Å²) in [5.41, 5.74) is 7.28. The summed E-state index contributed by atoms with van der Waals surface area (Å²) in [5.74, 6) is 0.947. The number of nitrogens with zero attached hydrogens (tertiary/aromatic N) is 2. The number of amidine groups is 1. The summed E-state index contributed by atoms with van der Waals surface area (Å²) in [6.45, 7) is 5.32. The molecule has 0 aliphatic heterocycles. The van der Waals surface area contributed by atoms with E-state index in [9.17, 15) is 0 Å². The van der Waals surface area contributed by atoms with Crippen LogP contribution in [-0.4, -0.2) is 28.8 Å². The van der Waals surface area contributed by atoms with Gasteiger partial charge in [-0.1, -0.05) is 13.0 Å². The maximum atomic E-state index is 7.57. The fourth-order valence-corrected chi connectivity index (χ4v) is 2.27. The molecule has 1 fully saturated rings. The van der Waals surface area contributed by atoms with Crippen LogP contribution in [0.4, 0.5) is 0 Å². The van der Waals surface area contributed by atoms with Crippen LogP contribution in [0.1, 0.15) is 37.4 Å². The normalized spacial score (nSPS) is 15.0.